The number of fused-ring (bicyclic) bond motifs is 9. The standard InChI is InChI=1S/C49H35NO/c1-48(2)38-19-6-8-21-40(38)49(41-22-9-7-20-39(41)48)42-23-10-11-25-46(42)51-47-31-34(26-28-43(47)49)33-16-12-17-35(30-33)36-18-13-24-45-37(36)27-29-44(50-45)32-14-4-3-5-15-32/h3-31H,1-2H3. The molecule has 2 aliphatic rings. The molecule has 2 nitrogen and oxygen atoms in total. The molecule has 0 fully saturated rings. The van der Waals surface area contributed by atoms with Crippen LogP contribution in [0, 0.1) is 0 Å². The minimum atomic E-state index is -0.512. The lowest BCUT2D eigenvalue weighted by Gasteiger charge is -2.50. The van der Waals surface area contributed by atoms with Crippen molar-refractivity contribution in [1.29, 1.82) is 0 Å². The van der Waals surface area contributed by atoms with E-state index in [0.717, 1.165) is 50.3 Å². The van der Waals surface area contributed by atoms with Crippen molar-refractivity contribution < 1.29 is 4.74 Å². The predicted molar refractivity (Wildman–Crippen MR) is 209 cm³/mol. The first kappa shape index (κ1) is 29.6. The monoisotopic (exact) mass is 653 g/mol. The zero-order valence-corrected chi connectivity index (χ0v) is 28.6. The molecule has 10 rings (SSSR count). The first-order valence-corrected chi connectivity index (χ1v) is 17.7. The summed E-state index contributed by atoms with van der Waals surface area (Å²) < 4.78 is 6.86. The van der Waals surface area contributed by atoms with E-state index in [2.05, 4.69) is 184 Å². The summed E-state index contributed by atoms with van der Waals surface area (Å²) >= 11 is 0. The quantitative estimate of drug-likeness (QED) is 0.189. The summed E-state index contributed by atoms with van der Waals surface area (Å²) in [5.74, 6) is 1.79. The summed E-state index contributed by atoms with van der Waals surface area (Å²) in [6, 6.07) is 63.4. The third-order valence-electron chi connectivity index (χ3n) is 11.2. The van der Waals surface area contributed by atoms with Gasteiger partial charge in [0.05, 0.1) is 16.6 Å². The summed E-state index contributed by atoms with van der Waals surface area (Å²) in [5, 5.41) is 1.14. The predicted octanol–water partition coefficient (Wildman–Crippen LogP) is 12.4. The molecule has 0 N–H and O–H groups in total. The smallest absolute Gasteiger partial charge is 0.132 e. The molecular formula is C49H35NO. The van der Waals surface area contributed by atoms with Crippen LogP contribution in [0.4, 0.5) is 0 Å². The molecule has 242 valence electrons. The fourth-order valence-corrected chi connectivity index (χ4v) is 8.85. The number of para-hydroxylation sites is 1. The second-order valence-electron chi connectivity index (χ2n) is 14.3. The van der Waals surface area contributed by atoms with Gasteiger partial charge in [0.15, 0.2) is 0 Å². The molecule has 0 radical (unpaired) electrons. The third-order valence-corrected chi connectivity index (χ3v) is 11.2. The van der Waals surface area contributed by atoms with Crippen molar-refractivity contribution in [2.75, 3.05) is 0 Å². The van der Waals surface area contributed by atoms with E-state index in [-0.39, 0.29) is 5.41 Å². The molecule has 1 aliphatic heterocycles. The van der Waals surface area contributed by atoms with Crippen LogP contribution in [0.2, 0.25) is 0 Å². The molecule has 0 bridgehead atoms. The lowest BCUT2D eigenvalue weighted by molar-refractivity contribution is 0.425. The molecule has 2 heterocycles. The molecule has 1 spiro atoms. The zero-order valence-electron chi connectivity index (χ0n) is 28.6. The lowest BCUT2D eigenvalue weighted by atomic mass is 9.53. The number of aromatic nitrogens is 1. The first-order chi connectivity index (χ1) is 25.0. The van der Waals surface area contributed by atoms with Crippen LogP contribution in [-0.2, 0) is 10.8 Å². The van der Waals surface area contributed by atoms with Gasteiger partial charge >= 0.3 is 0 Å². The molecule has 1 aliphatic carbocycles. The Kier molecular flexibility index (Phi) is 6.47. The second-order valence-corrected chi connectivity index (χ2v) is 14.3. The van der Waals surface area contributed by atoms with Gasteiger partial charge in [-0.05, 0) is 74.8 Å². The number of ether oxygens (including phenoxy) is 1. The van der Waals surface area contributed by atoms with Gasteiger partial charge in [-0.2, -0.15) is 0 Å². The molecular weight excluding hydrogens is 619 g/mol. The highest BCUT2D eigenvalue weighted by Gasteiger charge is 2.52. The summed E-state index contributed by atoms with van der Waals surface area (Å²) in [5.41, 5.74) is 14.7. The topological polar surface area (TPSA) is 22.1 Å². The molecule has 0 saturated carbocycles. The van der Waals surface area contributed by atoms with Crippen LogP contribution in [0.25, 0.3) is 44.4 Å². The Balaban J connectivity index is 1.13. The van der Waals surface area contributed by atoms with E-state index in [9.17, 15) is 0 Å². The van der Waals surface area contributed by atoms with Crippen LogP contribution in [0.5, 0.6) is 11.5 Å². The van der Waals surface area contributed by atoms with Crippen molar-refractivity contribution in [2.24, 2.45) is 0 Å². The van der Waals surface area contributed by atoms with Crippen LogP contribution in [0.3, 0.4) is 0 Å². The molecule has 0 unspecified atom stereocenters. The fraction of sp³-hybridized carbons (Fsp3) is 0.0816. The highest BCUT2D eigenvalue weighted by molar-refractivity contribution is 5.96. The lowest BCUT2D eigenvalue weighted by Crippen LogP contribution is -2.43. The van der Waals surface area contributed by atoms with E-state index in [1.165, 1.54) is 38.9 Å². The summed E-state index contributed by atoms with van der Waals surface area (Å²) in [4.78, 5) is 5.04. The van der Waals surface area contributed by atoms with Crippen LogP contribution >= 0.6 is 0 Å². The molecule has 51 heavy (non-hydrogen) atoms. The highest BCUT2D eigenvalue weighted by Crippen LogP contribution is 2.61. The molecule has 0 atom stereocenters. The minimum absolute atomic E-state index is 0.146. The molecule has 7 aromatic carbocycles. The van der Waals surface area contributed by atoms with Gasteiger partial charge < -0.3 is 4.74 Å². The zero-order chi connectivity index (χ0) is 34.2. The first-order valence-electron chi connectivity index (χ1n) is 17.7. The Morgan fingerprint density at radius 3 is 1.76 bits per heavy atom. The van der Waals surface area contributed by atoms with E-state index in [0.29, 0.717) is 0 Å². The van der Waals surface area contributed by atoms with Crippen molar-refractivity contribution in [3.05, 3.63) is 209 Å². The Labute approximate surface area is 298 Å². The molecule has 8 aromatic rings. The van der Waals surface area contributed by atoms with E-state index < -0.39 is 5.41 Å². The molecule has 0 amide bonds. The van der Waals surface area contributed by atoms with Crippen LogP contribution in [0.15, 0.2) is 176 Å². The van der Waals surface area contributed by atoms with Gasteiger partial charge in [0.2, 0.25) is 0 Å². The van der Waals surface area contributed by atoms with E-state index in [1.807, 2.05) is 6.07 Å². The van der Waals surface area contributed by atoms with E-state index >= 15 is 0 Å². The SMILES string of the molecule is CC1(C)c2ccccc2C2(c3ccccc3Oc3cc(-c4cccc(-c5cccc6nc(-c7ccccc7)ccc56)c4)ccc32)c2ccccc21. The van der Waals surface area contributed by atoms with Crippen LogP contribution in [-0.4, -0.2) is 4.98 Å². The molecule has 2 heteroatoms. The van der Waals surface area contributed by atoms with Crippen molar-refractivity contribution in [2.45, 2.75) is 24.7 Å². The number of benzene rings is 7. The van der Waals surface area contributed by atoms with Gasteiger partial charge in [-0.1, -0.05) is 159 Å². The van der Waals surface area contributed by atoms with Gasteiger partial charge in [-0.15, -0.1) is 0 Å². The van der Waals surface area contributed by atoms with Crippen molar-refractivity contribution >= 4 is 10.9 Å². The van der Waals surface area contributed by atoms with Crippen molar-refractivity contribution in [3.8, 4) is 45.0 Å². The van der Waals surface area contributed by atoms with Gasteiger partial charge in [-0.3, -0.25) is 0 Å². The summed E-state index contributed by atoms with van der Waals surface area (Å²) in [6.07, 6.45) is 0. The minimum Gasteiger partial charge on any atom is -0.457 e. The fourth-order valence-electron chi connectivity index (χ4n) is 8.85. The van der Waals surface area contributed by atoms with Gasteiger partial charge in [0.1, 0.15) is 11.5 Å². The van der Waals surface area contributed by atoms with Crippen molar-refractivity contribution in [1.82, 2.24) is 4.98 Å². The Bertz CT molecular complexity index is 2600. The Morgan fingerprint density at radius 2 is 1.00 bits per heavy atom. The number of pyridine rings is 1. The molecule has 0 saturated heterocycles. The molecule has 1 aromatic heterocycles. The van der Waals surface area contributed by atoms with Crippen molar-refractivity contribution in [3.63, 3.8) is 0 Å². The maximum absolute atomic E-state index is 6.86. The average molecular weight is 654 g/mol. The highest BCUT2D eigenvalue weighted by atomic mass is 16.5. The summed E-state index contributed by atoms with van der Waals surface area (Å²) in [6.45, 7) is 4.71. The van der Waals surface area contributed by atoms with Gasteiger partial charge in [0, 0.05) is 27.5 Å². The number of hydrogen-bond donors (Lipinski definition) is 0. The Morgan fingerprint density at radius 1 is 0.412 bits per heavy atom. The van der Waals surface area contributed by atoms with Crippen LogP contribution < -0.4 is 4.74 Å². The van der Waals surface area contributed by atoms with Gasteiger partial charge in [0.25, 0.3) is 0 Å². The van der Waals surface area contributed by atoms with E-state index in [4.69, 9.17) is 9.72 Å². The normalized spacial score (nSPS) is 14.5. The third kappa shape index (κ3) is 4.33. The Hall–Kier alpha value is -6.25. The van der Waals surface area contributed by atoms with Gasteiger partial charge in [-0.25, -0.2) is 4.98 Å². The number of rotatable bonds is 3. The maximum Gasteiger partial charge on any atom is 0.132 e. The largest absolute Gasteiger partial charge is 0.457 e. The number of nitrogens with zero attached hydrogens (tertiary/aromatic N) is 1. The summed E-state index contributed by atoms with van der Waals surface area (Å²) in [7, 11) is 0. The second kappa shape index (κ2) is 11.1. The van der Waals surface area contributed by atoms with E-state index in [1.54, 1.807) is 0 Å². The van der Waals surface area contributed by atoms with Crippen LogP contribution in [0.1, 0.15) is 47.2 Å². The maximum atomic E-state index is 6.86. The average Bonchev–Trinajstić information content (AvgIpc) is 3.19. The number of hydrogen-bond acceptors (Lipinski definition) is 2.